The number of hydrogen-bond donors (Lipinski definition) is 2. The van der Waals surface area contributed by atoms with E-state index < -0.39 is 0 Å². The molecule has 2 nitrogen and oxygen atoms in total. The van der Waals surface area contributed by atoms with Crippen LogP contribution in [0.25, 0.3) is 0 Å². The van der Waals surface area contributed by atoms with Crippen LogP contribution in [0.1, 0.15) is 39.2 Å². The van der Waals surface area contributed by atoms with Crippen LogP contribution in [0.4, 0.5) is 5.69 Å². The van der Waals surface area contributed by atoms with Gasteiger partial charge in [0.05, 0.1) is 0 Å². The summed E-state index contributed by atoms with van der Waals surface area (Å²) in [6.45, 7) is 8.21. The zero-order valence-electron chi connectivity index (χ0n) is 9.76. The molecule has 0 spiro atoms. The number of rotatable bonds is 2. The number of anilines is 1. The van der Waals surface area contributed by atoms with Crippen molar-refractivity contribution >= 4 is 5.69 Å². The molecule has 1 aromatic rings. The number of phenols is 1. The fraction of sp³-hybridized carbons (Fsp3) is 0.500. The monoisotopic (exact) mass is 195 g/mol. The van der Waals surface area contributed by atoms with Gasteiger partial charge in [0, 0.05) is 12.7 Å². The second-order valence-electron chi connectivity index (χ2n) is 3.18. The van der Waals surface area contributed by atoms with Gasteiger partial charge in [0.2, 0.25) is 0 Å². The van der Waals surface area contributed by atoms with Gasteiger partial charge in [-0.2, -0.15) is 0 Å². The largest absolute Gasteiger partial charge is 0.508 e. The minimum atomic E-state index is 0.331. The summed E-state index contributed by atoms with van der Waals surface area (Å²) in [7, 11) is 1.89. The summed E-state index contributed by atoms with van der Waals surface area (Å²) >= 11 is 0. The minimum Gasteiger partial charge on any atom is -0.508 e. The topological polar surface area (TPSA) is 32.3 Å². The van der Waals surface area contributed by atoms with E-state index in [0.29, 0.717) is 11.7 Å². The van der Waals surface area contributed by atoms with E-state index in [1.54, 1.807) is 12.1 Å². The molecule has 0 atom stereocenters. The molecule has 0 bridgehead atoms. The Bertz CT molecular complexity index is 269. The number of hydrogen-bond acceptors (Lipinski definition) is 2. The number of aromatic hydroxyl groups is 1. The molecule has 0 radical (unpaired) electrons. The zero-order valence-corrected chi connectivity index (χ0v) is 9.76. The molecule has 0 aliphatic carbocycles. The van der Waals surface area contributed by atoms with E-state index in [1.807, 2.05) is 27.0 Å². The second kappa shape index (κ2) is 6.30. The highest BCUT2D eigenvalue weighted by atomic mass is 16.3. The molecule has 0 saturated carbocycles. The SMILES string of the molecule is CC.CNc1ccc(O)cc1C(C)C. The van der Waals surface area contributed by atoms with Crippen LogP contribution in [-0.4, -0.2) is 12.2 Å². The highest BCUT2D eigenvalue weighted by molar-refractivity contribution is 5.54. The lowest BCUT2D eigenvalue weighted by Crippen LogP contribution is -1.96. The minimum absolute atomic E-state index is 0.331. The lowest BCUT2D eigenvalue weighted by molar-refractivity contribution is 0.474. The van der Waals surface area contributed by atoms with Gasteiger partial charge in [-0.25, -0.2) is 0 Å². The van der Waals surface area contributed by atoms with E-state index in [1.165, 1.54) is 0 Å². The van der Waals surface area contributed by atoms with Crippen molar-refractivity contribution in [2.45, 2.75) is 33.6 Å². The van der Waals surface area contributed by atoms with Gasteiger partial charge < -0.3 is 10.4 Å². The van der Waals surface area contributed by atoms with Crippen molar-refractivity contribution in [1.29, 1.82) is 0 Å². The molecule has 0 aliphatic heterocycles. The average molecular weight is 195 g/mol. The maximum absolute atomic E-state index is 9.25. The Hall–Kier alpha value is -1.18. The Balaban J connectivity index is 0.000000791. The highest BCUT2D eigenvalue weighted by Crippen LogP contribution is 2.27. The normalized spacial score (nSPS) is 9.29. The van der Waals surface area contributed by atoms with Crippen LogP contribution in [0.5, 0.6) is 5.75 Å². The first-order valence-corrected chi connectivity index (χ1v) is 5.16. The Kier molecular flexibility index (Phi) is 5.77. The van der Waals surface area contributed by atoms with Crippen molar-refractivity contribution < 1.29 is 5.11 Å². The van der Waals surface area contributed by atoms with Crippen molar-refractivity contribution in [2.75, 3.05) is 12.4 Å². The standard InChI is InChI=1S/C10H15NO.C2H6/c1-7(2)9-6-8(12)4-5-10(9)11-3;1-2/h4-7,11-12H,1-3H3;1-2H3. The van der Waals surface area contributed by atoms with Crippen LogP contribution in [0, 0.1) is 0 Å². The van der Waals surface area contributed by atoms with Gasteiger partial charge in [-0.15, -0.1) is 0 Å². The van der Waals surface area contributed by atoms with Gasteiger partial charge in [-0.1, -0.05) is 27.7 Å². The molecule has 2 N–H and O–H groups in total. The molecule has 0 amide bonds. The third-order valence-corrected chi connectivity index (χ3v) is 1.93. The molecule has 1 rings (SSSR count). The second-order valence-corrected chi connectivity index (χ2v) is 3.18. The van der Waals surface area contributed by atoms with E-state index in [-0.39, 0.29) is 0 Å². The van der Waals surface area contributed by atoms with Crippen molar-refractivity contribution in [3.8, 4) is 5.75 Å². The van der Waals surface area contributed by atoms with Crippen LogP contribution in [0.3, 0.4) is 0 Å². The number of phenolic OH excluding ortho intramolecular Hbond substituents is 1. The van der Waals surface area contributed by atoms with Crippen LogP contribution in [-0.2, 0) is 0 Å². The molecule has 0 aliphatic rings. The molecular formula is C12H21NO. The molecule has 0 fully saturated rings. The first-order valence-electron chi connectivity index (χ1n) is 5.16. The quantitative estimate of drug-likeness (QED) is 0.707. The van der Waals surface area contributed by atoms with Gasteiger partial charge in [0.25, 0.3) is 0 Å². The third-order valence-electron chi connectivity index (χ3n) is 1.93. The Morgan fingerprint density at radius 3 is 2.21 bits per heavy atom. The van der Waals surface area contributed by atoms with Crippen LogP contribution >= 0.6 is 0 Å². The van der Waals surface area contributed by atoms with Gasteiger partial charge in [0.1, 0.15) is 5.75 Å². The average Bonchev–Trinajstić information content (AvgIpc) is 2.20. The summed E-state index contributed by atoms with van der Waals surface area (Å²) in [5, 5.41) is 12.3. The van der Waals surface area contributed by atoms with Crippen molar-refractivity contribution in [3.63, 3.8) is 0 Å². The molecule has 14 heavy (non-hydrogen) atoms. The highest BCUT2D eigenvalue weighted by Gasteiger charge is 2.05. The van der Waals surface area contributed by atoms with Crippen molar-refractivity contribution in [2.24, 2.45) is 0 Å². The maximum Gasteiger partial charge on any atom is 0.116 e. The van der Waals surface area contributed by atoms with Crippen LogP contribution < -0.4 is 5.32 Å². The summed E-state index contributed by atoms with van der Waals surface area (Å²) in [6, 6.07) is 5.39. The fourth-order valence-electron chi connectivity index (χ4n) is 1.26. The van der Waals surface area contributed by atoms with Gasteiger partial charge >= 0.3 is 0 Å². The molecule has 2 heteroatoms. The number of nitrogens with one attached hydrogen (secondary N) is 1. The Labute approximate surface area is 87.0 Å². The summed E-state index contributed by atoms with van der Waals surface area (Å²) in [5.74, 6) is 0.761. The predicted molar refractivity (Wildman–Crippen MR) is 63.1 cm³/mol. The van der Waals surface area contributed by atoms with E-state index in [0.717, 1.165) is 11.3 Å². The van der Waals surface area contributed by atoms with Gasteiger partial charge in [0.15, 0.2) is 0 Å². The summed E-state index contributed by atoms with van der Waals surface area (Å²) in [5.41, 5.74) is 2.24. The van der Waals surface area contributed by atoms with Gasteiger partial charge in [-0.3, -0.25) is 0 Å². The lowest BCUT2D eigenvalue weighted by atomic mass is 10.0. The maximum atomic E-state index is 9.25. The number of benzene rings is 1. The molecule has 0 unspecified atom stereocenters. The van der Waals surface area contributed by atoms with Crippen molar-refractivity contribution in [1.82, 2.24) is 0 Å². The zero-order chi connectivity index (χ0) is 11.1. The Morgan fingerprint density at radius 2 is 1.79 bits per heavy atom. The summed E-state index contributed by atoms with van der Waals surface area (Å²) < 4.78 is 0. The first kappa shape index (κ1) is 12.8. The van der Waals surface area contributed by atoms with Gasteiger partial charge in [-0.05, 0) is 29.7 Å². The summed E-state index contributed by atoms with van der Waals surface area (Å²) in [6.07, 6.45) is 0. The predicted octanol–water partition coefficient (Wildman–Crippen LogP) is 3.58. The summed E-state index contributed by atoms with van der Waals surface area (Å²) in [4.78, 5) is 0. The van der Waals surface area contributed by atoms with E-state index >= 15 is 0 Å². The molecule has 0 aromatic heterocycles. The smallest absolute Gasteiger partial charge is 0.116 e. The van der Waals surface area contributed by atoms with E-state index in [9.17, 15) is 5.11 Å². The molecule has 0 saturated heterocycles. The van der Waals surface area contributed by atoms with E-state index in [2.05, 4.69) is 19.2 Å². The van der Waals surface area contributed by atoms with E-state index in [4.69, 9.17) is 0 Å². The van der Waals surface area contributed by atoms with Crippen LogP contribution in [0.2, 0.25) is 0 Å². The molecule has 1 aromatic carbocycles. The fourth-order valence-corrected chi connectivity index (χ4v) is 1.26. The van der Waals surface area contributed by atoms with Crippen molar-refractivity contribution in [3.05, 3.63) is 23.8 Å². The first-order chi connectivity index (χ1) is 6.65. The Morgan fingerprint density at radius 1 is 1.21 bits per heavy atom. The molecule has 80 valence electrons. The van der Waals surface area contributed by atoms with Crippen LogP contribution in [0.15, 0.2) is 18.2 Å². The lowest BCUT2D eigenvalue weighted by Gasteiger charge is -2.12. The molecular weight excluding hydrogens is 174 g/mol. The third kappa shape index (κ3) is 3.29. The molecule has 0 heterocycles.